The lowest BCUT2D eigenvalue weighted by molar-refractivity contribution is 0.231. The van der Waals surface area contributed by atoms with Gasteiger partial charge in [0.2, 0.25) is 5.88 Å². The number of halogens is 1. The first-order valence-corrected chi connectivity index (χ1v) is 4.10. The van der Waals surface area contributed by atoms with E-state index in [2.05, 4.69) is 9.97 Å². The van der Waals surface area contributed by atoms with Crippen molar-refractivity contribution in [3.8, 4) is 11.9 Å². The molecule has 0 aliphatic carbocycles. The van der Waals surface area contributed by atoms with Crippen LogP contribution in [0, 0.1) is 11.3 Å². The molecule has 0 aliphatic heterocycles. The van der Waals surface area contributed by atoms with E-state index in [1.54, 1.807) is 0 Å². The predicted molar refractivity (Wildman–Crippen MR) is 47.5 cm³/mol. The summed E-state index contributed by atoms with van der Waals surface area (Å²) >= 11 is 5.64. The van der Waals surface area contributed by atoms with E-state index in [0.29, 0.717) is 5.88 Å². The van der Waals surface area contributed by atoms with Gasteiger partial charge in [0.1, 0.15) is 6.07 Å². The summed E-state index contributed by atoms with van der Waals surface area (Å²) in [6.07, 6.45) is 1.39. The van der Waals surface area contributed by atoms with Crippen LogP contribution in [0.15, 0.2) is 6.20 Å². The molecule has 4 nitrogen and oxygen atoms in total. The maximum atomic E-state index is 8.51. The highest BCUT2D eigenvalue weighted by Crippen LogP contribution is 2.14. The van der Waals surface area contributed by atoms with Crippen molar-refractivity contribution in [2.75, 3.05) is 0 Å². The van der Waals surface area contributed by atoms with Crippen LogP contribution in [0.2, 0.25) is 5.15 Å². The van der Waals surface area contributed by atoms with E-state index in [1.165, 1.54) is 6.20 Å². The summed E-state index contributed by atoms with van der Waals surface area (Å²) in [6, 6.07) is 1.81. The van der Waals surface area contributed by atoms with Crippen molar-refractivity contribution in [1.82, 2.24) is 9.97 Å². The second kappa shape index (κ2) is 4.06. The number of hydrogen-bond donors (Lipinski definition) is 0. The minimum atomic E-state index is 0.0123. The molecule has 1 rings (SSSR count). The fourth-order valence-electron chi connectivity index (χ4n) is 0.725. The van der Waals surface area contributed by atoms with Crippen molar-refractivity contribution in [2.45, 2.75) is 20.0 Å². The Morgan fingerprint density at radius 1 is 1.62 bits per heavy atom. The zero-order chi connectivity index (χ0) is 9.84. The fourth-order valence-corrected chi connectivity index (χ4v) is 0.899. The molecular weight excluding hydrogens is 190 g/mol. The normalized spacial score (nSPS) is 9.77. The summed E-state index contributed by atoms with van der Waals surface area (Å²) in [5, 5.41) is 8.58. The second-order valence-corrected chi connectivity index (χ2v) is 2.98. The quantitative estimate of drug-likeness (QED) is 0.725. The first kappa shape index (κ1) is 9.75. The van der Waals surface area contributed by atoms with E-state index in [4.69, 9.17) is 21.6 Å². The van der Waals surface area contributed by atoms with Gasteiger partial charge >= 0.3 is 0 Å². The summed E-state index contributed by atoms with van der Waals surface area (Å²) < 4.78 is 5.23. The Labute approximate surface area is 81.1 Å². The van der Waals surface area contributed by atoms with Gasteiger partial charge in [0.15, 0.2) is 10.8 Å². The third-order valence-corrected chi connectivity index (χ3v) is 1.43. The molecule has 0 fully saturated rings. The molecule has 1 aromatic rings. The molecule has 0 N–H and O–H groups in total. The number of nitrogens with zero attached hydrogens (tertiary/aromatic N) is 3. The Balaban J connectivity index is 2.91. The molecule has 68 valence electrons. The standard InChI is InChI=1S/C8H8ClN3O/c1-5(2)13-7-4-11-6(3-10)8(9)12-7/h4-5H,1-2H3. The molecule has 0 saturated heterocycles. The van der Waals surface area contributed by atoms with Gasteiger partial charge in [-0.25, -0.2) is 4.98 Å². The molecule has 0 bridgehead atoms. The van der Waals surface area contributed by atoms with Gasteiger partial charge in [0.25, 0.3) is 0 Å². The van der Waals surface area contributed by atoms with Gasteiger partial charge in [-0.15, -0.1) is 0 Å². The first-order valence-electron chi connectivity index (χ1n) is 3.72. The smallest absolute Gasteiger partial charge is 0.234 e. The van der Waals surface area contributed by atoms with E-state index in [0.717, 1.165) is 0 Å². The highest BCUT2D eigenvalue weighted by atomic mass is 35.5. The Morgan fingerprint density at radius 3 is 2.77 bits per heavy atom. The lowest BCUT2D eigenvalue weighted by Gasteiger charge is -2.07. The van der Waals surface area contributed by atoms with Crippen molar-refractivity contribution in [1.29, 1.82) is 5.26 Å². The summed E-state index contributed by atoms with van der Waals surface area (Å²) in [6.45, 7) is 3.74. The average molecular weight is 198 g/mol. The van der Waals surface area contributed by atoms with Gasteiger partial charge in [-0.3, -0.25) is 0 Å². The molecule has 13 heavy (non-hydrogen) atoms. The minimum absolute atomic E-state index is 0.0123. The molecule has 0 aliphatic rings. The molecule has 0 unspecified atom stereocenters. The second-order valence-electron chi connectivity index (χ2n) is 2.63. The average Bonchev–Trinajstić information content (AvgIpc) is 2.03. The van der Waals surface area contributed by atoms with Gasteiger partial charge in [0.05, 0.1) is 12.3 Å². The minimum Gasteiger partial charge on any atom is -0.474 e. The van der Waals surface area contributed by atoms with E-state index in [-0.39, 0.29) is 17.0 Å². The van der Waals surface area contributed by atoms with Crippen LogP contribution in [0.1, 0.15) is 19.5 Å². The van der Waals surface area contributed by atoms with Gasteiger partial charge in [-0.05, 0) is 13.8 Å². The molecule has 0 aromatic carbocycles. The van der Waals surface area contributed by atoms with Crippen molar-refractivity contribution < 1.29 is 4.74 Å². The van der Waals surface area contributed by atoms with E-state index < -0.39 is 0 Å². The highest BCUT2D eigenvalue weighted by Gasteiger charge is 2.05. The third kappa shape index (κ3) is 2.56. The molecule has 0 amide bonds. The predicted octanol–water partition coefficient (Wildman–Crippen LogP) is 1.79. The number of ether oxygens (including phenoxy) is 1. The summed E-state index contributed by atoms with van der Waals surface area (Å²) in [4.78, 5) is 7.61. The van der Waals surface area contributed by atoms with Crippen molar-refractivity contribution in [3.63, 3.8) is 0 Å². The lowest BCUT2D eigenvalue weighted by atomic mass is 10.5. The van der Waals surface area contributed by atoms with Crippen LogP contribution in [0.5, 0.6) is 5.88 Å². The Kier molecular flexibility index (Phi) is 3.04. The van der Waals surface area contributed by atoms with E-state index >= 15 is 0 Å². The number of hydrogen-bond acceptors (Lipinski definition) is 4. The van der Waals surface area contributed by atoms with E-state index in [1.807, 2.05) is 19.9 Å². The molecule has 0 saturated carbocycles. The van der Waals surface area contributed by atoms with Crippen molar-refractivity contribution >= 4 is 11.6 Å². The van der Waals surface area contributed by atoms with Crippen LogP contribution in [0.3, 0.4) is 0 Å². The summed E-state index contributed by atoms with van der Waals surface area (Å²) in [5.41, 5.74) is 0.109. The van der Waals surface area contributed by atoms with Gasteiger partial charge in [-0.2, -0.15) is 10.2 Å². The molecule has 1 heterocycles. The molecule has 5 heteroatoms. The highest BCUT2D eigenvalue weighted by molar-refractivity contribution is 6.30. The maximum absolute atomic E-state index is 8.51. The third-order valence-electron chi connectivity index (χ3n) is 1.17. The lowest BCUT2D eigenvalue weighted by Crippen LogP contribution is -2.07. The number of nitriles is 1. The molecule has 0 radical (unpaired) electrons. The molecule has 1 aromatic heterocycles. The Hall–Kier alpha value is -1.34. The van der Waals surface area contributed by atoms with Crippen LogP contribution in [0.4, 0.5) is 0 Å². The van der Waals surface area contributed by atoms with Crippen LogP contribution in [0.25, 0.3) is 0 Å². The number of aromatic nitrogens is 2. The Morgan fingerprint density at radius 2 is 2.31 bits per heavy atom. The van der Waals surface area contributed by atoms with Gasteiger partial charge in [-0.1, -0.05) is 11.6 Å². The largest absolute Gasteiger partial charge is 0.474 e. The monoisotopic (exact) mass is 197 g/mol. The Bertz CT molecular complexity index is 346. The van der Waals surface area contributed by atoms with Crippen LogP contribution < -0.4 is 4.74 Å². The zero-order valence-electron chi connectivity index (χ0n) is 7.28. The first-order chi connectivity index (χ1) is 6.13. The van der Waals surface area contributed by atoms with Crippen LogP contribution in [-0.2, 0) is 0 Å². The summed E-state index contributed by atoms with van der Waals surface area (Å²) in [5.74, 6) is 0.332. The van der Waals surface area contributed by atoms with Crippen molar-refractivity contribution in [2.24, 2.45) is 0 Å². The topological polar surface area (TPSA) is 58.8 Å². The SMILES string of the molecule is CC(C)Oc1cnc(C#N)c(Cl)n1. The zero-order valence-corrected chi connectivity index (χ0v) is 8.04. The van der Waals surface area contributed by atoms with Crippen LogP contribution >= 0.6 is 11.6 Å². The number of rotatable bonds is 2. The fraction of sp³-hybridized carbons (Fsp3) is 0.375. The van der Waals surface area contributed by atoms with E-state index in [9.17, 15) is 0 Å². The van der Waals surface area contributed by atoms with Gasteiger partial charge in [0, 0.05) is 0 Å². The molecular formula is C8H8ClN3O. The molecule has 0 atom stereocenters. The van der Waals surface area contributed by atoms with Crippen LogP contribution in [-0.4, -0.2) is 16.1 Å². The maximum Gasteiger partial charge on any atom is 0.234 e. The summed E-state index contributed by atoms with van der Waals surface area (Å²) in [7, 11) is 0. The van der Waals surface area contributed by atoms with Crippen molar-refractivity contribution in [3.05, 3.63) is 17.0 Å². The molecule has 0 spiro atoms. The van der Waals surface area contributed by atoms with Gasteiger partial charge < -0.3 is 4.74 Å².